The summed E-state index contributed by atoms with van der Waals surface area (Å²) in [5.41, 5.74) is 7.92. The molecule has 0 saturated heterocycles. The summed E-state index contributed by atoms with van der Waals surface area (Å²) >= 11 is 0. The van der Waals surface area contributed by atoms with E-state index in [9.17, 15) is 35.1 Å². The molecule has 0 aromatic heterocycles. The molecule has 0 aliphatic carbocycles. The normalized spacial score (nSPS) is 12.9. The molecule has 0 aliphatic rings. The minimum absolute atomic E-state index is 0.0453. The predicted molar refractivity (Wildman–Crippen MR) is 379 cm³/mol. The number of ether oxygens (including phenoxy) is 10. The van der Waals surface area contributed by atoms with E-state index < -0.39 is 42.5 Å². The Kier molecular flexibility index (Phi) is 27.7. The molecule has 5 N–H and O–H groups in total. The number of rotatable bonds is 38. The second kappa shape index (κ2) is 36.6. The average molecular weight is 1340 g/mol. The first-order valence-electron chi connectivity index (χ1n) is 33.2. The van der Waals surface area contributed by atoms with Gasteiger partial charge >= 0.3 is 11.9 Å². The van der Waals surface area contributed by atoms with Crippen LogP contribution in [-0.4, -0.2) is 121 Å². The molecule has 8 aromatic rings. The SMILES string of the molecule is C=CC(=O)OCC(O)COc1ccc(-c2cc(Oc3ccc(C(C)C)cc3)ccc2OCC(O)COc2ccc(C(C)C)cc2)cc1CC(O)Cc1cc(-c2cc(Oc3ccc(C(C)C)cc3)ccc2OCC(O)COc2ccc(C(C)C)cc2)ccc1OCC(O)COC(=O)C=C. The third-order valence-electron chi connectivity index (χ3n) is 16.0. The van der Waals surface area contributed by atoms with E-state index in [1.165, 1.54) is 0 Å². The highest BCUT2D eigenvalue weighted by atomic mass is 16.6. The Balaban J connectivity index is 1.14. The maximum absolute atomic E-state index is 12.6. The van der Waals surface area contributed by atoms with Crippen molar-refractivity contribution in [2.75, 3.05) is 52.9 Å². The number of aliphatic hydroxyl groups is 5. The summed E-state index contributed by atoms with van der Waals surface area (Å²) in [5.74, 6) is 4.61. The Labute approximate surface area is 575 Å². The molecule has 98 heavy (non-hydrogen) atoms. The van der Waals surface area contributed by atoms with Gasteiger partial charge in [0.05, 0.1) is 6.10 Å². The number of carbonyl (C=O) groups excluding carboxylic acids is 2. The number of carbonyl (C=O) groups is 2. The van der Waals surface area contributed by atoms with Crippen molar-refractivity contribution in [3.05, 3.63) is 229 Å². The maximum atomic E-state index is 12.6. The topological polar surface area (TPSA) is 228 Å². The molecule has 0 saturated carbocycles. The molecular weight excluding hydrogens is 1240 g/mol. The van der Waals surface area contributed by atoms with E-state index in [1.54, 1.807) is 48.5 Å². The molecule has 0 aliphatic heterocycles. The Hall–Kier alpha value is -9.62. The number of esters is 2. The smallest absolute Gasteiger partial charge is 0.330 e. The van der Waals surface area contributed by atoms with E-state index in [2.05, 4.69) is 68.5 Å². The van der Waals surface area contributed by atoms with Crippen LogP contribution in [0.25, 0.3) is 22.3 Å². The summed E-state index contributed by atoms with van der Waals surface area (Å²) < 4.78 is 60.5. The fourth-order valence-corrected chi connectivity index (χ4v) is 10.3. The highest BCUT2D eigenvalue weighted by molar-refractivity contribution is 5.81. The second-order valence-corrected chi connectivity index (χ2v) is 25.3. The van der Waals surface area contributed by atoms with E-state index in [1.807, 2.05) is 121 Å². The Morgan fingerprint density at radius 3 is 0.918 bits per heavy atom. The minimum atomic E-state index is -1.25. The first kappa shape index (κ1) is 74.2. The van der Waals surface area contributed by atoms with Gasteiger partial charge in [0.25, 0.3) is 0 Å². The standard InChI is InChI=1S/C81H92O17/c1-11-80(87)95-49-66(85)45-91-76-33-21-59(74-41-72(97-70-27-17-57(18-28-70)53(7)8)31-35-78(74)93-47-64(83)43-89-68-23-13-55(14-24-68)51(3)4)37-61(76)39-63(82)40-62-38-60(22-34-77(62)92-46-67(86)50-96-81(88)12-2)75-42-73(98-71-29-19-58(20-30-71)54(9)10)32-36-79(75)94-48-65(84)44-90-69-25-15-56(16-26-69)52(5)6/h11-38,41-42,51-54,63-67,82-86H,1-2,39-40,43-50H2,3-10H3. The summed E-state index contributed by atoms with van der Waals surface area (Å²) in [6.45, 7) is 22.0. The van der Waals surface area contributed by atoms with Crippen molar-refractivity contribution in [1.29, 1.82) is 0 Å². The van der Waals surface area contributed by atoms with E-state index >= 15 is 0 Å². The number of aliphatic hydroxyl groups excluding tert-OH is 5. The molecule has 4 unspecified atom stereocenters. The summed E-state index contributed by atoms with van der Waals surface area (Å²) in [4.78, 5) is 24.0. The summed E-state index contributed by atoms with van der Waals surface area (Å²) in [6.07, 6.45) is -3.91. The molecule has 0 radical (unpaired) electrons. The molecule has 17 nitrogen and oxygen atoms in total. The monoisotopic (exact) mass is 1340 g/mol. The number of benzene rings is 8. The van der Waals surface area contributed by atoms with Crippen LogP contribution in [0.4, 0.5) is 0 Å². The quantitative estimate of drug-likeness (QED) is 0.0179. The second-order valence-electron chi connectivity index (χ2n) is 25.3. The van der Waals surface area contributed by atoms with Crippen molar-refractivity contribution in [3.8, 4) is 79.7 Å². The van der Waals surface area contributed by atoms with Crippen molar-refractivity contribution in [1.82, 2.24) is 0 Å². The van der Waals surface area contributed by atoms with Gasteiger partial charge in [-0.1, -0.05) is 129 Å². The Bertz CT molecular complexity index is 3590. The van der Waals surface area contributed by atoms with Gasteiger partial charge < -0.3 is 72.9 Å². The molecule has 8 aromatic carbocycles. The summed E-state index contributed by atoms with van der Waals surface area (Å²) in [7, 11) is 0. The van der Waals surface area contributed by atoms with Gasteiger partial charge in [0.15, 0.2) is 0 Å². The lowest BCUT2D eigenvalue weighted by Crippen LogP contribution is -2.25. The van der Waals surface area contributed by atoms with Crippen LogP contribution in [0.1, 0.15) is 112 Å². The molecule has 0 spiro atoms. The van der Waals surface area contributed by atoms with Crippen LogP contribution in [0.5, 0.6) is 57.5 Å². The van der Waals surface area contributed by atoms with Crippen LogP contribution in [0, 0.1) is 0 Å². The van der Waals surface area contributed by atoms with Crippen molar-refractivity contribution >= 4 is 11.9 Å². The Morgan fingerprint density at radius 1 is 0.327 bits per heavy atom. The van der Waals surface area contributed by atoms with Gasteiger partial charge in [-0.2, -0.15) is 0 Å². The molecule has 0 fully saturated rings. The van der Waals surface area contributed by atoms with Crippen LogP contribution in [-0.2, 0) is 31.9 Å². The molecule has 8 rings (SSSR count). The fraction of sp³-hybridized carbons (Fsp3) is 0.333. The lowest BCUT2D eigenvalue weighted by Gasteiger charge is -2.21. The van der Waals surface area contributed by atoms with Gasteiger partial charge in [0.1, 0.15) is 135 Å². The van der Waals surface area contributed by atoms with E-state index in [-0.39, 0.29) is 77.2 Å². The van der Waals surface area contributed by atoms with Gasteiger partial charge in [-0.25, -0.2) is 9.59 Å². The van der Waals surface area contributed by atoms with Gasteiger partial charge in [-0.05, 0) is 177 Å². The van der Waals surface area contributed by atoms with Crippen molar-refractivity contribution in [2.24, 2.45) is 0 Å². The van der Waals surface area contributed by atoms with Crippen molar-refractivity contribution < 1.29 is 82.5 Å². The summed E-state index contributed by atoms with van der Waals surface area (Å²) in [6, 6.07) is 52.5. The van der Waals surface area contributed by atoms with Crippen LogP contribution >= 0.6 is 0 Å². The van der Waals surface area contributed by atoms with Gasteiger partial charge in [-0.15, -0.1) is 0 Å². The molecular formula is C81H92O17. The first-order valence-corrected chi connectivity index (χ1v) is 33.2. The zero-order chi connectivity index (χ0) is 70.3. The number of hydrogen-bond donors (Lipinski definition) is 5. The lowest BCUT2D eigenvalue weighted by atomic mass is 9.94. The van der Waals surface area contributed by atoms with Gasteiger partial charge in [-0.3, -0.25) is 0 Å². The minimum Gasteiger partial charge on any atom is -0.491 e. The molecule has 0 heterocycles. The molecule has 0 bridgehead atoms. The van der Waals surface area contributed by atoms with Crippen LogP contribution in [0.15, 0.2) is 195 Å². The largest absolute Gasteiger partial charge is 0.491 e. The molecule has 518 valence electrons. The molecule has 17 heteroatoms. The van der Waals surface area contributed by atoms with E-state index in [0.29, 0.717) is 103 Å². The van der Waals surface area contributed by atoms with Gasteiger partial charge in [0.2, 0.25) is 0 Å². The van der Waals surface area contributed by atoms with Crippen LogP contribution in [0.2, 0.25) is 0 Å². The Morgan fingerprint density at radius 2 is 0.602 bits per heavy atom. The summed E-state index contributed by atoms with van der Waals surface area (Å²) in [5, 5.41) is 57.1. The van der Waals surface area contributed by atoms with Crippen molar-refractivity contribution in [3.63, 3.8) is 0 Å². The average Bonchev–Trinajstić information content (AvgIpc) is 0.808. The predicted octanol–water partition coefficient (Wildman–Crippen LogP) is 14.8. The van der Waals surface area contributed by atoms with Crippen LogP contribution < -0.4 is 37.9 Å². The highest BCUT2D eigenvalue weighted by Gasteiger charge is 2.23. The first-order chi connectivity index (χ1) is 47.1. The zero-order valence-electron chi connectivity index (χ0n) is 57.1. The molecule has 0 amide bonds. The van der Waals surface area contributed by atoms with Crippen molar-refractivity contribution in [2.45, 2.75) is 122 Å². The third-order valence-corrected chi connectivity index (χ3v) is 16.0. The van der Waals surface area contributed by atoms with Gasteiger partial charge in [0, 0.05) is 36.1 Å². The number of hydrogen-bond acceptors (Lipinski definition) is 17. The van der Waals surface area contributed by atoms with E-state index in [4.69, 9.17) is 47.4 Å². The highest BCUT2D eigenvalue weighted by Crippen LogP contribution is 2.41. The molecule has 4 atom stereocenters. The maximum Gasteiger partial charge on any atom is 0.330 e. The van der Waals surface area contributed by atoms with E-state index in [0.717, 1.165) is 34.4 Å². The lowest BCUT2D eigenvalue weighted by molar-refractivity contribution is -0.142. The van der Waals surface area contributed by atoms with Crippen LogP contribution in [0.3, 0.4) is 0 Å². The zero-order valence-corrected chi connectivity index (χ0v) is 57.1. The fourth-order valence-electron chi connectivity index (χ4n) is 10.3. The third kappa shape index (κ3) is 22.7.